The van der Waals surface area contributed by atoms with E-state index < -0.39 is 5.54 Å². The van der Waals surface area contributed by atoms with E-state index in [2.05, 4.69) is 18.0 Å². The van der Waals surface area contributed by atoms with Gasteiger partial charge in [0.05, 0.1) is 12.1 Å². The number of H-pyrrole nitrogens is 1. The molecule has 2 atom stereocenters. The smallest absolute Gasteiger partial charge is 0.248 e. The normalized spacial score (nSPS) is 31.0. The summed E-state index contributed by atoms with van der Waals surface area (Å²) >= 11 is 0. The summed E-state index contributed by atoms with van der Waals surface area (Å²) < 4.78 is 0. The van der Waals surface area contributed by atoms with Gasteiger partial charge in [0.15, 0.2) is 0 Å². The predicted molar refractivity (Wildman–Crippen MR) is 73.7 cm³/mol. The van der Waals surface area contributed by atoms with Crippen molar-refractivity contribution in [3.8, 4) is 0 Å². The second kappa shape index (κ2) is 4.18. The number of aliphatic hydroxyl groups is 1. The second-order valence-electron chi connectivity index (χ2n) is 5.53. The van der Waals surface area contributed by atoms with Crippen LogP contribution in [0.1, 0.15) is 24.6 Å². The van der Waals surface area contributed by atoms with Gasteiger partial charge in [0.1, 0.15) is 0 Å². The number of fused-ring (bicyclic) bond motifs is 4. The highest BCUT2D eigenvalue weighted by molar-refractivity contribution is 5.49. The largest absolute Gasteiger partial charge is 0.392 e. The molecule has 0 amide bonds. The van der Waals surface area contributed by atoms with Gasteiger partial charge in [0, 0.05) is 17.7 Å². The summed E-state index contributed by atoms with van der Waals surface area (Å²) in [5.74, 6) is 0.177. The van der Waals surface area contributed by atoms with Crippen LogP contribution in [0, 0.1) is 5.92 Å². The molecule has 1 heterocycles. The van der Waals surface area contributed by atoms with E-state index in [9.17, 15) is 9.90 Å². The van der Waals surface area contributed by atoms with Crippen molar-refractivity contribution in [2.75, 3.05) is 6.61 Å². The van der Waals surface area contributed by atoms with Gasteiger partial charge in [-0.3, -0.25) is 4.79 Å². The van der Waals surface area contributed by atoms with Crippen LogP contribution in [0.25, 0.3) is 0 Å². The molecule has 0 spiro atoms. The molecule has 0 aromatic carbocycles. The fraction of sp³-hybridized carbons (Fsp3) is 0.400. The SMILES string of the molecule is CC1=CC2Cc3[nH]c(=O)ccc3C(N)(C1)C2=CCO. The standard InChI is InChI=1S/C15H18N2O2/c1-9-6-10-7-13-12(2-3-14(19)17-13)15(16,8-9)11(10)4-5-18/h2-4,6,10,18H,5,7-8,16H2,1H3,(H,17,19). The average molecular weight is 258 g/mol. The molecule has 4 N–H and O–H groups in total. The van der Waals surface area contributed by atoms with E-state index in [4.69, 9.17) is 5.73 Å². The van der Waals surface area contributed by atoms with Crippen LogP contribution in [0.5, 0.6) is 0 Å². The van der Waals surface area contributed by atoms with Crippen LogP contribution in [0.3, 0.4) is 0 Å². The minimum atomic E-state index is -0.593. The van der Waals surface area contributed by atoms with Crippen molar-refractivity contribution in [2.24, 2.45) is 11.7 Å². The highest BCUT2D eigenvalue weighted by Gasteiger charge is 2.43. The van der Waals surface area contributed by atoms with E-state index in [1.165, 1.54) is 11.6 Å². The lowest BCUT2D eigenvalue weighted by atomic mass is 9.63. The Kier molecular flexibility index (Phi) is 2.73. The molecule has 0 fully saturated rings. The van der Waals surface area contributed by atoms with Gasteiger partial charge in [0.2, 0.25) is 5.56 Å². The van der Waals surface area contributed by atoms with E-state index in [-0.39, 0.29) is 18.1 Å². The summed E-state index contributed by atoms with van der Waals surface area (Å²) in [5, 5.41) is 9.24. The molecule has 2 aliphatic rings. The van der Waals surface area contributed by atoms with Crippen molar-refractivity contribution in [1.82, 2.24) is 4.98 Å². The summed E-state index contributed by atoms with van der Waals surface area (Å²) in [4.78, 5) is 14.4. The summed E-state index contributed by atoms with van der Waals surface area (Å²) in [6, 6.07) is 3.35. The molecule has 2 unspecified atom stereocenters. The Morgan fingerprint density at radius 2 is 2.37 bits per heavy atom. The van der Waals surface area contributed by atoms with E-state index in [1.807, 2.05) is 12.1 Å². The summed E-state index contributed by atoms with van der Waals surface area (Å²) in [7, 11) is 0. The molecule has 2 bridgehead atoms. The fourth-order valence-electron chi connectivity index (χ4n) is 3.53. The zero-order valence-corrected chi connectivity index (χ0v) is 10.9. The van der Waals surface area contributed by atoms with Crippen LogP contribution in [-0.4, -0.2) is 16.7 Å². The van der Waals surface area contributed by atoms with Gasteiger partial charge in [-0.25, -0.2) is 0 Å². The van der Waals surface area contributed by atoms with Crippen molar-refractivity contribution in [2.45, 2.75) is 25.3 Å². The van der Waals surface area contributed by atoms with Crippen LogP contribution in [0.2, 0.25) is 0 Å². The van der Waals surface area contributed by atoms with Gasteiger partial charge < -0.3 is 15.8 Å². The van der Waals surface area contributed by atoms with Crippen molar-refractivity contribution < 1.29 is 5.11 Å². The monoisotopic (exact) mass is 258 g/mol. The molecular weight excluding hydrogens is 240 g/mol. The number of aromatic amines is 1. The Labute approximate surface area is 111 Å². The molecule has 3 rings (SSSR count). The maximum atomic E-state index is 11.5. The zero-order valence-electron chi connectivity index (χ0n) is 10.9. The fourth-order valence-corrected chi connectivity index (χ4v) is 3.53. The zero-order chi connectivity index (χ0) is 13.6. The third kappa shape index (κ3) is 1.79. The number of nitrogens with two attached hydrogens (primary N) is 1. The quantitative estimate of drug-likeness (QED) is 0.657. The van der Waals surface area contributed by atoms with Gasteiger partial charge in [-0.15, -0.1) is 0 Å². The van der Waals surface area contributed by atoms with Gasteiger partial charge in [-0.05, 0) is 37.0 Å². The second-order valence-corrected chi connectivity index (χ2v) is 5.53. The third-order valence-corrected chi connectivity index (χ3v) is 4.17. The molecule has 0 aliphatic heterocycles. The highest BCUT2D eigenvalue weighted by Crippen LogP contribution is 2.47. The molecule has 2 aliphatic carbocycles. The molecule has 0 radical (unpaired) electrons. The highest BCUT2D eigenvalue weighted by atomic mass is 16.2. The average Bonchev–Trinajstić information content (AvgIpc) is 2.32. The van der Waals surface area contributed by atoms with Crippen molar-refractivity contribution >= 4 is 0 Å². The Hall–Kier alpha value is -1.65. The number of aliphatic hydroxyl groups excluding tert-OH is 1. The van der Waals surface area contributed by atoms with Crippen LogP contribution >= 0.6 is 0 Å². The van der Waals surface area contributed by atoms with Gasteiger partial charge in [-0.2, -0.15) is 0 Å². The number of allylic oxidation sites excluding steroid dienone is 1. The van der Waals surface area contributed by atoms with Gasteiger partial charge >= 0.3 is 0 Å². The van der Waals surface area contributed by atoms with E-state index in [1.54, 1.807) is 0 Å². The Morgan fingerprint density at radius 3 is 3.11 bits per heavy atom. The van der Waals surface area contributed by atoms with Crippen LogP contribution in [-0.2, 0) is 12.0 Å². The topological polar surface area (TPSA) is 79.1 Å². The molecule has 0 saturated heterocycles. The number of hydrogen-bond donors (Lipinski definition) is 3. The lowest BCUT2D eigenvalue weighted by Crippen LogP contribution is -2.48. The number of nitrogens with one attached hydrogen (secondary N) is 1. The summed E-state index contributed by atoms with van der Waals surface area (Å²) in [5.41, 5.74) is 10.2. The Bertz CT molecular complexity index is 642. The van der Waals surface area contributed by atoms with Gasteiger partial charge in [0.25, 0.3) is 0 Å². The number of pyridine rings is 1. The number of rotatable bonds is 1. The summed E-state index contributed by atoms with van der Waals surface area (Å²) in [6.07, 6.45) is 5.49. The number of hydrogen-bond acceptors (Lipinski definition) is 3. The molecule has 4 nitrogen and oxygen atoms in total. The van der Waals surface area contributed by atoms with Crippen LogP contribution < -0.4 is 11.3 Å². The molecule has 100 valence electrons. The van der Waals surface area contributed by atoms with Crippen LogP contribution in [0.15, 0.2) is 40.2 Å². The molecule has 4 heteroatoms. The predicted octanol–water partition coefficient (Wildman–Crippen LogP) is 0.970. The van der Waals surface area contributed by atoms with Gasteiger partial charge in [-0.1, -0.05) is 17.7 Å². The van der Waals surface area contributed by atoms with Crippen molar-refractivity contribution in [3.05, 3.63) is 57.0 Å². The first-order valence-electron chi connectivity index (χ1n) is 6.55. The Morgan fingerprint density at radius 1 is 1.58 bits per heavy atom. The van der Waals surface area contributed by atoms with E-state index in [0.29, 0.717) is 0 Å². The molecule has 1 aromatic rings. The molecular formula is C15H18N2O2. The van der Waals surface area contributed by atoms with E-state index >= 15 is 0 Å². The Balaban J connectivity index is 2.25. The van der Waals surface area contributed by atoms with E-state index in [0.717, 1.165) is 29.7 Å². The lowest BCUT2D eigenvalue weighted by Gasteiger charge is -2.45. The lowest BCUT2D eigenvalue weighted by molar-refractivity contribution is 0.332. The third-order valence-electron chi connectivity index (χ3n) is 4.17. The first-order chi connectivity index (χ1) is 9.04. The molecule has 19 heavy (non-hydrogen) atoms. The maximum Gasteiger partial charge on any atom is 0.248 e. The first-order valence-corrected chi connectivity index (χ1v) is 6.55. The molecule has 0 saturated carbocycles. The minimum Gasteiger partial charge on any atom is -0.392 e. The minimum absolute atomic E-state index is 0.00361. The maximum absolute atomic E-state index is 11.5. The number of aromatic nitrogens is 1. The van der Waals surface area contributed by atoms with Crippen LogP contribution in [0.4, 0.5) is 0 Å². The molecule has 1 aromatic heterocycles. The van der Waals surface area contributed by atoms with Crippen molar-refractivity contribution in [3.63, 3.8) is 0 Å². The summed E-state index contributed by atoms with van der Waals surface area (Å²) in [6.45, 7) is 2.08. The first kappa shape index (κ1) is 12.4. The van der Waals surface area contributed by atoms with Crippen molar-refractivity contribution in [1.29, 1.82) is 0 Å².